The van der Waals surface area contributed by atoms with Gasteiger partial charge in [-0.25, -0.2) is 0 Å². The van der Waals surface area contributed by atoms with Gasteiger partial charge in [0.2, 0.25) is 0 Å². The summed E-state index contributed by atoms with van der Waals surface area (Å²) in [6.07, 6.45) is 0. The monoisotopic (exact) mass is 1060 g/mol. The molecule has 83 heavy (non-hydrogen) atoms. The Labute approximate surface area is 483 Å². The molecular weight excluding hydrogens is 1010 g/mol. The van der Waals surface area contributed by atoms with Gasteiger partial charge in [-0.15, -0.1) is 0 Å². The zero-order chi connectivity index (χ0) is 54.6. The van der Waals surface area contributed by atoms with Gasteiger partial charge in [0.25, 0.3) is 0 Å². The average Bonchev–Trinajstić information content (AvgIpc) is 2.89. The normalized spacial score (nSPS) is 13.7. The molecule has 3 heteroatoms. The SMILES string of the molecule is c1ccc(-c2ccc(-c3ccc(N(c4cccc(-c5ccc6c(c5)C5(c7ccccc7Oc7ccccc75)c5ccccc5-6)c4)c4ccccc4-c4cccc5c4-c4ccccc4C54c5ccccc5Oc5ccccc54)cc3)cc2)cc1. The largest absolute Gasteiger partial charge is 0.457 e. The van der Waals surface area contributed by atoms with E-state index in [1.165, 1.54) is 66.8 Å². The molecule has 2 aliphatic heterocycles. The lowest BCUT2D eigenvalue weighted by Crippen LogP contribution is -2.32. The number of rotatable bonds is 7. The van der Waals surface area contributed by atoms with E-state index in [1.54, 1.807) is 0 Å². The smallest absolute Gasteiger partial charge is 0.132 e. The highest BCUT2D eigenvalue weighted by Gasteiger charge is 2.53. The van der Waals surface area contributed by atoms with E-state index in [2.05, 4.69) is 314 Å². The van der Waals surface area contributed by atoms with Crippen LogP contribution in [0.25, 0.3) is 66.8 Å². The maximum Gasteiger partial charge on any atom is 0.132 e. The highest BCUT2D eigenvalue weighted by molar-refractivity contribution is 6.01. The van der Waals surface area contributed by atoms with Crippen molar-refractivity contribution in [2.45, 2.75) is 10.8 Å². The van der Waals surface area contributed by atoms with Crippen LogP contribution in [-0.4, -0.2) is 0 Å². The number of benzene rings is 13. The minimum absolute atomic E-state index is 0.582. The first-order valence-corrected chi connectivity index (χ1v) is 28.6. The highest BCUT2D eigenvalue weighted by Crippen LogP contribution is 2.65. The van der Waals surface area contributed by atoms with Gasteiger partial charge in [-0.1, -0.05) is 249 Å². The minimum Gasteiger partial charge on any atom is -0.457 e. The van der Waals surface area contributed by atoms with Crippen molar-refractivity contribution in [3.05, 3.63) is 354 Å². The third kappa shape index (κ3) is 6.86. The molecule has 0 saturated heterocycles. The number of anilines is 3. The molecule has 0 radical (unpaired) electrons. The molecule has 2 aliphatic carbocycles. The zero-order valence-electron chi connectivity index (χ0n) is 45.2. The summed E-state index contributed by atoms with van der Waals surface area (Å²) in [5, 5.41) is 0. The van der Waals surface area contributed by atoms with Crippen LogP contribution >= 0.6 is 0 Å². The molecule has 0 N–H and O–H groups in total. The Morgan fingerprint density at radius 2 is 0.602 bits per heavy atom. The van der Waals surface area contributed by atoms with Crippen LogP contribution in [0.3, 0.4) is 0 Å². The van der Waals surface area contributed by atoms with Gasteiger partial charge >= 0.3 is 0 Å². The third-order valence-electron chi connectivity index (χ3n) is 18.0. The predicted octanol–water partition coefficient (Wildman–Crippen LogP) is 20.8. The van der Waals surface area contributed by atoms with Gasteiger partial charge in [-0.2, -0.15) is 0 Å². The Morgan fingerprint density at radius 1 is 0.217 bits per heavy atom. The molecule has 17 rings (SSSR count). The van der Waals surface area contributed by atoms with Gasteiger partial charge in [-0.3, -0.25) is 0 Å². The topological polar surface area (TPSA) is 21.7 Å². The minimum atomic E-state index is -0.601. The first kappa shape index (κ1) is 47.1. The van der Waals surface area contributed by atoms with Crippen LogP contribution in [0.4, 0.5) is 17.1 Å². The molecule has 388 valence electrons. The zero-order valence-corrected chi connectivity index (χ0v) is 45.2. The van der Waals surface area contributed by atoms with E-state index >= 15 is 0 Å². The molecule has 0 aromatic heterocycles. The van der Waals surface area contributed by atoms with Crippen LogP contribution in [0.15, 0.2) is 309 Å². The fourth-order valence-electron chi connectivity index (χ4n) is 14.6. The standard InChI is InChI=1S/C80H51NO2/c1-2-20-52(21-3-1)53-40-42-54(43-41-53)55-44-47-58(48-45-55)81(59-23-18-22-56(50-59)57-46-49-61-60-24-4-7-28-65(60)80(72(61)51-57)69-32-11-16-38-76(69)83-77-39-17-12-33-70(77)80)73-35-13-6-25-62(73)63-27-19-34-71-78(63)64-26-5-8-29-66(64)79(71)67-30-9-14-36-74(67)82-75-37-15-10-31-68(75)79/h1-51H. The van der Waals surface area contributed by atoms with Gasteiger partial charge in [0.1, 0.15) is 23.0 Å². The number of para-hydroxylation sites is 5. The fourth-order valence-corrected chi connectivity index (χ4v) is 14.6. The van der Waals surface area contributed by atoms with E-state index in [4.69, 9.17) is 9.47 Å². The summed E-state index contributed by atoms with van der Waals surface area (Å²) in [5.41, 5.74) is 25.8. The summed E-state index contributed by atoms with van der Waals surface area (Å²) in [6.45, 7) is 0. The summed E-state index contributed by atoms with van der Waals surface area (Å²) in [4.78, 5) is 2.46. The Bertz CT molecular complexity index is 4660. The summed E-state index contributed by atoms with van der Waals surface area (Å²) < 4.78 is 13.5. The number of hydrogen-bond acceptors (Lipinski definition) is 3. The van der Waals surface area contributed by atoms with Crippen LogP contribution in [-0.2, 0) is 10.8 Å². The molecule has 0 unspecified atom stereocenters. The Morgan fingerprint density at radius 3 is 1.20 bits per heavy atom. The molecule has 4 aliphatic rings. The van der Waals surface area contributed by atoms with Crippen molar-refractivity contribution in [3.8, 4) is 89.8 Å². The molecule has 2 heterocycles. The van der Waals surface area contributed by atoms with Gasteiger partial charge < -0.3 is 14.4 Å². The predicted molar refractivity (Wildman–Crippen MR) is 338 cm³/mol. The molecule has 13 aromatic carbocycles. The van der Waals surface area contributed by atoms with Crippen molar-refractivity contribution in [2.24, 2.45) is 0 Å². The van der Waals surface area contributed by atoms with E-state index in [0.29, 0.717) is 0 Å². The molecule has 13 aromatic rings. The van der Waals surface area contributed by atoms with E-state index in [1.807, 2.05) is 0 Å². The van der Waals surface area contributed by atoms with Crippen LogP contribution in [0.2, 0.25) is 0 Å². The highest BCUT2D eigenvalue weighted by atomic mass is 16.5. The molecular formula is C80H51NO2. The average molecular weight is 1060 g/mol. The number of ether oxygens (including phenoxy) is 2. The summed E-state index contributed by atoms with van der Waals surface area (Å²) in [7, 11) is 0. The van der Waals surface area contributed by atoms with Gasteiger partial charge in [0.15, 0.2) is 0 Å². The van der Waals surface area contributed by atoms with Crippen molar-refractivity contribution in [1.82, 2.24) is 0 Å². The number of hydrogen-bond donors (Lipinski definition) is 0. The van der Waals surface area contributed by atoms with E-state index in [-0.39, 0.29) is 0 Å². The van der Waals surface area contributed by atoms with Crippen LogP contribution < -0.4 is 14.4 Å². The lowest BCUT2D eigenvalue weighted by atomic mass is 9.66. The van der Waals surface area contributed by atoms with Crippen molar-refractivity contribution in [3.63, 3.8) is 0 Å². The molecule has 0 fully saturated rings. The second-order valence-corrected chi connectivity index (χ2v) is 22.2. The number of nitrogens with zero attached hydrogens (tertiary/aromatic N) is 1. The van der Waals surface area contributed by atoms with E-state index in [9.17, 15) is 0 Å². The van der Waals surface area contributed by atoms with Crippen molar-refractivity contribution in [2.75, 3.05) is 4.90 Å². The van der Waals surface area contributed by atoms with Crippen molar-refractivity contribution < 1.29 is 9.47 Å². The molecule has 2 spiro atoms. The van der Waals surface area contributed by atoms with Crippen LogP contribution in [0.5, 0.6) is 23.0 Å². The summed E-state index contributed by atoms with van der Waals surface area (Å²) in [5.74, 6) is 3.53. The second-order valence-electron chi connectivity index (χ2n) is 22.2. The van der Waals surface area contributed by atoms with Crippen molar-refractivity contribution in [1.29, 1.82) is 0 Å². The Kier molecular flexibility index (Phi) is 10.4. The Hall–Kier alpha value is -10.7. The van der Waals surface area contributed by atoms with Crippen molar-refractivity contribution >= 4 is 17.1 Å². The fraction of sp³-hybridized carbons (Fsp3) is 0.0250. The maximum absolute atomic E-state index is 6.74. The van der Waals surface area contributed by atoms with Crippen LogP contribution in [0.1, 0.15) is 44.5 Å². The van der Waals surface area contributed by atoms with E-state index < -0.39 is 10.8 Å². The molecule has 3 nitrogen and oxygen atoms in total. The first-order valence-electron chi connectivity index (χ1n) is 28.6. The van der Waals surface area contributed by atoms with Gasteiger partial charge in [-0.05, 0) is 144 Å². The second kappa shape index (κ2) is 18.4. The molecule has 0 bridgehead atoms. The lowest BCUT2D eigenvalue weighted by molar-refractivity contribution is 0.436. The van der Waals surface area contributed by atoms with E-state index in [0.717, 1.165) is 84.6 Å². The molecule has 0 amide bonds. The summed E-state index contributed by atoms with van der Waals surface area (Å²) >= 11 is 0. The number of fused-ring (bicyclic) bond motifs is 18. The molecule has 0 atom stereocenters. The first-order chi connectivity index (χ1) is 41.2. The Balaban J connectivity index is 0.853. The quantitative estimate of drug-likeness (QED) is 0.159. The maximum atomic E-state index is 6.74. The van der Waals surface area contributed by atoms with Crippen LogP contribution in [0, 0.1) is 0 Å². The molecule has 0 saturated carbocycles. The lowest BCUT2D eigenvalue weighted by Gasteiger charge is -2.39. The summed E-state index contributed by atoms with van der Waals surface area (Å²) in [6, 6.07) is 113. The third-order valence-corrected chi connectivity index (χ3v) is 18.0. The van der Waals surface area contributed by atoms with Gasteiger partial charge in [0, 0.05) is 39.2 Å². The van der Waals surface area contributed by atoms with Gasteiger partial charge in [0.05, 0.1) is 16.5 Å².